The highest BCUT2D eigenvalue weighted by atomic mass is 16.1. The van der Waals surface area contributed by atoms with E-state index in [2.05, 4.69) is 20.8 Å². The van der Waals surface area contributed by atoms with Crippen LogP contribution in [0, 0.1) is 5.41 Å². The molecular formula is C9H16O. The summed E-state index contributed by atoms with van der Waals surface area (Å²) in [7, 11) is 0. The van der Waals surface area contributed by atoms with Crippen LogP contribution in [0.2, 0.25) is 0 Å². The summed E-state index contributed by atoms with van der Waals surface area (Å²) in [6.45, 7) is 8.05. The molecule has 0 saturated carbocycles. The third-order valence-corrected chi connectivity index (χ3v) is 1.06. The second-order valence-corrected chi connectivity index (χ2v) is 3.70. The highest BCUT2D eigenvalue weighted by Gasteiger charge is 2.13. The maximum atomic E-state index is 11.0. The molecule has 0 N–H and O–H groups in total. The predicted molar refractivity (Wildman–Crippen MR) is 43.9 cm³/mol. The van der Waals surface area contributed by atoms with Crippen molar-refractivity contribution in [3.05, 3.63) is 12.2 Å². The van der Waals surface area contributed by atoms with E-state index in [-0.39, 0.29) is 11.2 Å². The Morgan fingerprint density at radius 3 is 2.20 bits per heavy atom. The molecule has 0 fully saturated rings. The molecule has 0 aromatic rings. The molecule has 0 aliphatic heterocycles. The van der Waals surface area contributed by atoms with Crippen LogP contribution < -0.4 is 0 Å². The summed E-state index contributed by atoms with van der Waals surface area (Å²) in [5.41, 5.74) is 0.122. The largest absolute Gasteiger partial charge is 0.295 e. The Labute approximate surface area is 63.1 Å². The molecule has 58 valence electrons. The van der Waals surface area contributed by atoms with Gasteiger partial charge in [-0.3, -0.25) is 4.79 Å². The molecule has 0 heterocycles. The van der Waals surface area contributed by atoms with Crippen molar-refractivity contribution in [2.45, 2.75) is 34.1 Å². The lowest BCUT2D eigenvalue weighted by atomic mass is 9.90. The second kappa shape index (κ2) is 3.55. The third kappa shape index (κ3) is 5.54. The molecule has 0 spiro atoms. The Morgan fingerprint density at radius 1 is 1.40 bits per heavy atom. The average Bonchev–Trinajstić information content (AvgIpc) is 1.59. The van der Waals surface area contributed by atoms with Crippen molar-refractivity contribution in [3.8, 4) is 0 Å². The minimum Gasteiger partial charge on any atom is -0.295 e. The van der Waals surface area contributed by atoms with Crippen molar-refractivity contribution in [3.63, 3.8) is 0 Å². The minimum atomic E-state index is 0.122. The van der Waals surface area contributed by atoms with Crippen LogP contribution in [0.4, 0.5) is 0 Å². The summed E-state index contributed by atoms with van der Waals surface area (Å²) in [4.78, 5) is 11.0. The minimum absolute atomic E-state index is 0.122. The summed E-state index contributed by atoms with van der Waals surface area (Å²) in [5.74, 6) is 0.218. The topological polar surface area (TPSA) is 17.1 Å². The molecule has 0 unspecified atom stereocenters. The van der Waals surface area contributed by atoms with Crippen LogP contribution in [0.3, 0.4) is 0 Å². The van der Waals surface area contributed by atoms with E-state index in [1.807, 2.05) is 6.92 Å². The van der Waals surface area contributed by atoms with Gasteiger partial charge in [0.1, 0.15) is 0 Å². The van der Waals surface area contributed by atoms with Gasteiger partial charge < -0.3 is 0 Å². The van der Waals surface area contributed by atoms with E-state index < -0.39 is 0 Å². The zero-order valence-corrected chi connectivity index (χ0v) is 7.27. The van der Waals surface area contributed by atoms with E-state index in [1.165, 1.54) is 0 Å². The lowest BCUT2D eigenvalue weighted by molar-refractivity contribution is -0.116. The quantitative estimate of drug-likeness (QED) is 0.539. The van der Waals surface area contributed by atoms with Crippen molar-refractivity contribution in [1.82, 2.24) is 0 Å². The molecule has 0 atom stereocenters. The van der Waals surface area contributed by atoms with E-state index in [0.29, 0.717) is 6.42 Å². The summed E-state index contributed by atoms with van der Waals surface area (Å²) in [6, 6.07) is 0. The molecule has 1 heteroatoms. The summed E-state index contributed by atoms with van der Waals surface area (Å²) in [5, 5.41) is 0. The Bertz CT molecular complexity index is 137. The van der Waals surface area contributed by atoms with Crippen LogP contribution in [0.25, 0.3) is 0 Å². The number of carbonyl (C=O) groups is 1. The van der Waals surface area contributed by atoms with E-state index in [9.17, 15) is 4.79 Å². The first-order valence-corrected chi connectivity index (χ1v) is 3.61. The standard InChI is InChI=1S/C9H16O/c1-5-6-8(10)7-9(2,3)4/h5-6H,7H2,1-4H3/b6-5+. The molecule has 0 aliphatic carbocycles. The number of allylic oxidation sites excluding steroid dienone is 2. The predicted octanol–water partition coefficient (Wildman–Crippen LogP) is 2.57. The number of ketones is 1. The zero-order valence-electron chi connectivity index (χ0n) is 7.27. The lowest BCUT2D eigenvalue weighted by Crippen LogP contribution is -2.10. The molecule has 0 radical (unpaired) electrons. The Balaban J connectivity index is 3.81. The van der Waals surface area contributed by atoms with E-state index >= 15 is 0 Å². The van der Waals surface area contributed by atoms with Gasteiger partial charge in [-0.1, -0.05) is 26.8 Å². The van der Waals surface area contributed by atoms with Gasteiger partial charge in [0.05, 0.1) is 0 Å². The lowest BCUT2D eigenvalue weighted by Gasteiger charge is -2.14. The Morgan fingerprint density at radius 2 is 1.90 bits per heavy atom. The third-order valence-electron chi connectivity index (χ3n) is 1.06. The van der Waals surface area contributed by atoms with Crippen LogP contribution in [0.15, 0.2) is 12.2 Å². The van der Waals surface area contributed by atoms with Gasteiger partial charge in [0.25, 0.3) is 0 Å². The molecule has 1 nitrogen and oxygen atoms in total. The van der Waals surface area contributed by atoms with E-state index in [0.717, 1.165) is 0 Å². The average molecular weight is 140 g/mol. The van der Waals surface area contributed by atoms with Gasteiger partial charge in [0.2, 0.25) is 0 Å². The van der Waals surface area contributed by atoms with Crippen LogP contribution in [0.1, 0.15) is 34.1 Å². The van der Waals surface area contributed by atoms with Crippen LogP contribution in [0.5, 0.6) is 0 Å². The molecule has 0 amide bonds. The fourth-order valence-corrected chi connectivity index (χ4v) is 0.768. The Kier molecular flexibility index (Phi) is 3.34. The molecular weight excluding hydrogens is 124 g/mol. The van der Waals surface area contributed by atoms with Gasteiger partial charge in [0.15, 0.2) is 5.78 Å². The summed E-state index contributed by atoms with van der Waals surface area (Å²) in [6.07, 6.45) is 4.05. The van der Waals surface area contributed by atoms with Gasteiger partial charge in [-0.15, -0.1) is 0 Å². The van der Waals surface area contributed by atoms with Gasteiger partial charge >= 0.3 is 0 Å². The monoisotopic (exact) mass is 140 g/mol. The first-order chi connectivity index (χ1) is 4.45. The van der Waals surface area contributed by atoms with Crippen molar-refractivity contribution in [2.24, 2.45) is 5.41 Å². The first kappa shape index (κ1) is 9.41. The van der Waals surface area contributed by atoms with Gasteiger partial charge in [-0.25, -0.2) is 0 Å². The molecule has 10 heavy (non-hydrogen) atoms. The number of rotatable bonds is 2. The number of hydrogen-bond acceptors (Lipinski definition) is 1. The summed E-state index contributed by atoms with van der Waals surface area (Å²) < 4.78 is 0. The fourth-order valence-electron chi connectivity index (χ4n) is 0.768. The SMILES string of the molecule is C/C=C/C(=O)CC(C)(C)C. The van der Waals surface area contributed by atoms with Crippen molar-refractivity contribution >= 4 is 5.78 Å². The molecule has 0 saturated heterocycles. The number of carbonyl (C=O) groups excluding carboxylic acids is 1. The molecule has 0 aliphatic rings. The maximum Gasteiger partial charge on any atom is 0.155 e. The highest BCUT2D eigenvalue weighted by molar-refractivity contribution is 5.89. The zero-order chi connectivity index (χ0) is 8.20. The first-order valence-electron chi connectivity index (χ1n) is 3.61. The molecule has 0 rings (SSSR count). The highest BCUT2D eigenvalue weighted by Crippen LogP contribution is 2.18. The molecule has 0 aromatic carbocycles. The normalized spacial score (nSPS) is 12.4. The van der Waals surface area contributed by atoms with Gasteiger partial charge in [-0.2, -0.15) is 0 Å². The fraction of sp³-hybridized carbons (Fsp3) is 0.667. The van der Waals surface area contributed by atoms with Crippen molar-refractivity contribution in [1.29, 1.82) is 0 Å². The second-order valence-electron chi connectivity index (χ2n) is 3.70. The van der Waals surface area contributed by atoms with Crippen molar-refractivity contribution < 1.29 is 4.79 Å². The van der Waals surface area contributed by atoms with Gasteiger partial charge in [0, 0.05) is 6.42 Å². The van der Waals surface area contributed by atoms with E-state index in [1.54, 1.807) is 12.2 Å². The smallest absolute Gasteiger partial charge is 0.155 e. The van der Waals surface area contributed by atoms with Crippen LogP contribution >= 0.6 is 0 Å². The van der Waals surface area contributed by atoms with Crippen molar-refractivity contribution in [2.75, 3.05) is 0 Å². The van der Waals surface area contributed by atoms with Crippen LogP contribution in [-0.4, -0.2) is 5.78 Å². The van der Waals surface area contributed by atoms with Crippen LogP contribution in [-0.2, 0) is 4.79 Å². The van der Waals surface area contributed by atoms with E-state index in [4.69, 9.17) is 0 Å². The molecule has 0 aromatic heterocycles. The number of hydrogen-bond donors (Lipinski definition) is 0. The summed E-state index contributed by atoms with van der Waals surface area (Å²) >= 11 is 0. The molecule has 0 bridgehead atoms. The Hall–Kier alpha value is -0.590. The maximum absolute atomic E-state index is 11.0. The van der Waals surface area contributed by atoms with Gasteiger partial charge in [-0.05, 0) is 18.4 Å².